The predicted molar refractivity (Wildman–Crippen MR) is 116 cm³/mol. The van der Waals surface area contributed by atoms with Crippen LogP contribution in [0.2, 0.25) is 0 Å². The van der Waals surface area contributed by atoms with Crippen molar-refractivity contribution in [2.24, 2.45) is 11.8 Å². The maximum Gasteiger partial charge on any atom is 0.416 e. The summed E-state index contributed by atoms with van der Waals surface area (Å²) in [6.07, 6.45) is -0.203. The molecule has 0 saturated heterocycles. The fourth-order valence-corrected chi connectivity index (χ4v) is 3.87. The van der Waals surface area contributed by atoms with E-state index in [1.165, 1.54) is 6.07 Å². The molecule has 0 aromatic heterocycles. The highest BCUT2D eigenvalue weighted by molar-refractivity contribution is 7.80. The molecule has 32 heavy (non-hydrogen) atoms. The van der Waals surface area contributed by atoms with Gasteiger partial charge in [0.1, 0.15) is 0 Å². The number of aliphatic hydroxyl groups excluding tert-OH is 2. The molecule has 0 heterocycles. The zero-order valence-corrected chi connectivity index (χ0v) is 18.2. The second-order valence-electron chi connectivity index (χ2n) is 7.84. The number of rotatable bonds is 10. The van der Waals surface area contributed by atoms with E-state index < -0.39 is 29.9 Å². The SMILES string of the molecule is O=C(O)CCC/C=C\C[C@@H]1[C@@H](COC(=S)NCc2cccc(C(F)(F)F)c2)[C@H](O)C[C@H]1O. The monoisotopic (exact) mass is 475 g/mol. The second-order valence-corrected chi connectivity index (χ2v) is 8.21. The van der Waals surface area contributed by atoms with Crippen LogP contribution in [0.25, 0.3) is 0 Å². The molecule has 1 aliphatic carbocycles. The van der Waals surface area contributed by atoms with Crippen molar-refractivity contribution in [3.05, 3.63) is 47.5 Å². The number of ether oxygens (including phenoxy) is 1. The summed E-state index contributed by atoms with van der Waals surface area (Å²) in [5.74, 6) is -1.45. The Labute approximate surface area is 190 Å². The van der Waals surface area contributed by atoms with Crippen LogP contribution in [0.5, 0.6) is 0 Å². The van der Waals surface area contributed by atoms with Crippen LogP contribution in [-0.4, -0.2) is 45.3 Å². The lowest BCUT2D eigenvalue weighted by molar-refractivity contribution is -0.138. The first kappa shape index (κ1) is 26.1. The van der Waals surface area contributed by atoms with Gasteiger partial charge in [0.05, 0.1) is 24.4 Å². The molecule has 0 aliphatic heterocycles. The van der Waals surface area contributed by atoms with E-state index in [2.05, 4.69) is 5.32 Å². The summed E-state index contributed by atoms with van der Waals surface area (Å²) in [7, 11) is 0. The second kappa shape index (κ2) is 12.2. The number of halogens is 3. The number of nitrogens with one attached hydrogen (secondary N) is 1. The highest BCUT2D eigenvalue weighted by Gasteiger charge is 2.41. The Morgan fingerprint density at radius 2 is 1.94 bits per heavy atom. The summed E-state index contributed by atoms with van der Waals surface area (Å²) in [6, 6.07) is 4.89. The Hall–Kier alpha value is -2.17. The van der Waals surface area contributed by atoms with Crippen molar-refractivity contribution in [3.8, 4) is 0 Å². The van der Waals surface area contributed by atoms with E-state index in [0.717, 1.165) is 12.1 Å². The van der Waals surface area contributed by atoms with Crippen molar-refractivity contribution in [1.82, 2.24) is 5.32 Å². The van der Waals surface area contributed by atoms with E-state index in [0.29, 0.717) is 24.8 Å². The van der Waals surface area contributed by atoms with Crippen LogP contribution in [0.1, 0.15) is 43.2 Å². The predicted octanol–water partition coefficient (Wildman–Crippen LogP) is 3.66. The quantitative estimate of drug-likeness (QED) is 0.233. The maximum absolute atomic E-state index is 12.8. The minimum atomic E-state index is -4.42. The Balaban J connectivity index is 1.80. The van der Waals surface area contributed by atoms with Gasteiger partial charge in [-0.3, -0.25) is 4.79 Å². The number of benzene rings is 1. The number of allylic oxidation sites excluding steroid dienone is 2. The number of carbonyl (C=O) groups is 1. The van der Waals surface area contributed by atoms with Gasteiger partial charge in [0.15, 0.2) is 0 Å². The van der Waals surface area contributed by atoms with E-state index in [1.54, 1.807) is 6.07 Å². The van der Waals surface area contributed by atoms with E-state index >= 15 is 0 Å². The Bertz CT molecular complexity index is 802. The van der Waals surface area contributed by atoms with Crippen molar-refractivity contribution >= 4 is 23.4 Å². The molecular formula is C22H28F3NO5S. The Morgan fingerprint density at radius 1 is 1.22 bits per heavy atom. The highest BCUT2D eigenvalue weighted by Crippen LogP contribution is 2.35. The van der Waals surface area contributed by atoms with Crippen molar-refractivity contribution in [3.63, 3.8) is 0 Å². The first-order valence-corrected chi connectivity index (χ1v) is 10.8. The lowest BCUT2D eigenvalue weighted by atomic mass is 9.91. The maximum atomic E-state index is 12.8. The van der Waals surface area contributed by atoms with Crippen LogP contribution in [0.4, 0.5) is 13.2 Å². The van der Waals surface area contributed by atoms with E-state index in [4.69, 9.17) is 22.1 Å². The number of carboxylic acids is 1. The number of hydrogen-bond donors (Lipinski definition) is 4. The number of hydrogen-bond acceptors (Lipinski definition) is 5. The van der Waals surface area contributed by atoms with Gasteiger partial charge >= 0.3 is 12.1 Å². The normalized spacial score (nSPS) is 23.4. The third kappa shape index (κ3) is 8.40. The van der Waals surface area contributed by atoms with Gasteiger partial charge < -0.3 is 25.4 Å². The molecule has 1 aromatic rings. The van der Waals surface area contributed by atoms with Crippen molar-refractivity contribution in [1.29, 1.82) is 0 Å². The number of alkyl halides is 3. The third-order valence-electron chi connectivity index (χ3n) is 5.46. The first-order chi connectivity index (χ1) is 15.1. The molecule has 0 radical (unpaired) electrons. The molecule has 0 amide bonds. The van der Waals surface area contributed by atoms with Gasteiger partial charge in [-0.05, 0) is 61.5 Å². The highest BCUT2D eigenvalue weighted by atomic mass is 32.1. The molecule has 0 unspecified atom stereocenters. The van der Waals surface area contributed by atoms with Crippen LogP contribution in [0.15, 0.2) is 36.4 Å². The van der Waals surface area contributed by atoms with E-state index in [1.807, 2.05) is 12.2 Å². The van der Waals surface area contributed by atoms with Gasteiger partial charge in [-0.1, -0.05) is 24.3 Å². The summed E-state index contributed by atoms with van der Waals surface area (Å²) in [4.78, 5) is 10.5. The molecule has 1 saturated carbocycles. The molecule has 4 N–H and O–H groups in total. The molecule has 0 spiro atoms. The van der Waals surface area contributed by atoms with Crippen LogP contribution >= 0.6 is 12.2 Å². The zero-order valence-electron chi connectivity index (χ0n) is 17.4. The average molecular weight is 476 g/mol. The minimum absolute atomic E-state index is 0.000959. The smallest absolute Gasteiger partial charge is 0.416 e. The summed E-state index contributed by atoms with van der Waals surface area (Å²) < 4.78 is 43.9. The van der Waals surface area contributed by atoms with Crippen LogP contribution < -0.4 is 5.32 Å². The summed E-state index contributed by atoms with van der Waals surface area (Å²) in [5.41, 5.74) is -0.349. The van der Waals surface area contributed by atoms with Gasteiger partial charge in [-0.25, -0.2) is 0 Å². The fourth-order valence-electron chi connectivity index (χ4n) is 3.73. The number of carboxylic acid groups (broad SMARTS) is 1. The average Bonchev–Trinajstić information content (AvgIpc) is 2.99. The van der Waals surface area contributed by atoms with Gasteiger partial charge in [0, 0.05) is 18.9 Å². The number of aliphatic carboxylic acids is 1. The lowest BCUT2D eigenvalue weighted by Crippen LogP contribution is -2.31. The molecule has 2 rings (SSSR count). The first-order valence-electron chi connectivity index (χ1n) is 10.4. The van der Waals surface area contributed by atoms with Gasteiger partial charge in [0.25, 0.3) is 5.17 Å². The fraction of sp³-hybridized carbons (Fsp3) is 0.545. The molecule has 6 nitrogen and oxygen atoms in total. The number of aliphatic hydroxyl groups is 2. The topological polar surface area (TPSA) is 99.0 Å². The van der Waals surface area contributed by atoms with Crippen LogP contribution in [0.3, 0.4) is 0 Å². The van der Waals surface area contributed by atoms with Gasteiger partial charge in [-0.15, -0.1) is 0 Å². The molecule has 0 bridgehead atoms. The molecule has 1 aromatic carbocycles. The summed E-state index contributed by atoms with van der Waals surface area (Å²) >= 11 is 5.10. The Kier molecular flexibility index (Phi) is 9.92. The van der Waals surface area contributed by atoms with Crippen LogP contribution in [0, 0.1) is 11.8 Å². The lowest BCUT2D eigenvalue weighted by Gasteiger charge is -2.23. The zero-order chi connectivity index (χ0) is 23.7. The molecule has 4 atom stereocenters. The standard InChI is InChI=1S/C22H28F3NO5S/c23-22(24,25)15-7-5-6-14(10-15)12-26-21(32)31-13-17-16(18(27)11-19(17)28)8-3-1-2-4-9-20(29)30/h1,3,5-7,10,16-19,27-28H,2,4,8-9,11-13H2,(H,26,32)(H,29,30)/b3-1-/t16-,17-,18-,19-/m1/s1. The molecule has 1 fully saturated rings. The number of thiocarbonyl (C=S) groups is 1. The summed E-state index contributed by atoms with van der Waals surface area (Å²) in [5, 5.41) is 31.9. The van der Waals surface area contributed by atoms with E-state index in [-0.39, 0.29) is 43.0 Å². The summed E-state index contributed by atoms with van der Waals surface area (Å²) in [6.45, 7) is 0.116. The molecule has 1 aliphatic rings. The van der Waals surface area contributed by atoms with Crippen LogP contribution in [-0.2, 0) is 22.3 Å². The van der Waals surface area contributed by atoms with Crippen molar-refractivity contribution in [2.45, 2.75) is 57.0 Å². The number of unbranched alkanes of at least 4 members (excludes halogenated alkanes) is 1. The van der Waals surface area contributed by atoms with Crippen molar-refractivity contribution < 1.29 is 38.0 Å². The molecule has 178 valence electrons. The minimum Gasteiger partial charge on any atom is -0.481 e. The van der Waals surface area contributed by atoms with Crippen molar-refractivity contribution in [2.75, 3.05) is 6.61 Å². The van der Waals surface area contributed by atoms with Gasteiger partial charge in [0.2, 0.25) is 0 Å². The Morgan fingerprint density at radius 3 is 2.62 bits per heavy atom. The van der Waals surface area contributed by atoms with E-state index in [9.17, 15) is 28.2 Å². The molecular weight excluding hydrogens is 447 g/mol. The molecule has 10 heteroatoms. The largest absolute Gasteiger partial charge is 0.481 e. The van der Waals surface area contributed by atoms with Gasteiger partial charge in [-0.2, -0.15) is 13.2 Å². The third-order valence-corrected chi connectivity index (χ3v) is 5.72.